The summed E-state index contributed by atoms with van der Waals surface area (Å²) in [4.78, 5) is 0. The van der Waals surface area contributed by atoms with Crippen molar-refractivity contribution in [2.24, 2.45) is 11.8 Å². The van der Waals surface area contributed by atoms with Crippen LogP contribution in [0.2, 0.25) is 0 Å². The van der Waals surface area contributed by atoms with E-state index in [0.717, 1.165) is 18.8 Å². The molecule has 0 amide bonds. The Balaban J connectivity index is 2.35. The largest absolute Gasteiger partial charge is 0.0993 e. The normalized spacial score (nSPS) is 25.0. The Labute approximate surface area is 94.8 Å². The average molecular weight is 204 g/mol. The van der Waals surface area contributed by atoms with Crippen LogP contribution in [0.25, 0.3) is 0 Å². The zero-order chi connectivity index (χ0) is 11.3. The molecular weight excluding hydrogens is 180 g/mol. The minimum Gasteiger partial charge on any atom is -0.0993 e. The van der Waals surface area contributed by atoms with E-state index in [9.17, 15) is 0 Å². The molecule has 84 valence electrons. The molecule has 0 heterocycles. The molecule has 0 N–H and O–H groups in total. The van der Waals surface area contributed by atoms with Gasteiger partial charge in [-0.25, -0.2) is 0 Å². The summed E-state index contributed by atoms with van der Waals surface area (Å²) in [7, 11) is 0. The summed E-state index contributed by atoms with van der Waals surface area (Å²) in [6.07, 6.45) is 11.9. The van der Waals surface area contributed by atoms with Gasteiger partial charge in [-0.05, 0) is 51.4 Å². The molecule has 1 aliphatic rings. The number of hydrogen-bond donors (Lipinski definition) is 0. The van der Waals surface area contributed by atoms with Gasteiger partial charge in [0.05, 0.1) is 0 Å². The molecule has 2 atom stereocenters. The Kier molecular flexibility index (Phi) is 4.87. The van der Waals surface area contributed by atoms with Crippen LogP contribution in [0.1, 0.15) is 46.5 Å². The van der Waals surface area contributed by atoms with E-state index in [2.05, 4.69) is 45.6 Å². The van der Waals surface area contributed by atoms with E-state index in [1.807, 2.05) is 0 Å². The molecule has 15 heavy (non-hydrogen) atoms. The summed E-state index contributed by atoms with van der Waals surface area (Å²) in [5.74, 6) is 1.42. The molecule has 0 aromatic carbocycles. The second kappa shape index (κ2) is 5.95. The Bertz CT molecular complexity index is 264. The van der Waals surface area contributed by atoms with E-state index in [4.69, 9.17) is 0 Å². The molecular formula is C15H24. The van der Waals surface area contributed by atoms with Crippen LogP contribution in [0.4, 0.5) is 0 Å². The van der Waals surface area contributed by atoms with Gasteiger partial charge in [-0.1, -0.05) is 42.9 Å². The molecule has 0 heteroatoms. The van der Waals surface area contributed by atoms with Crippen LogP contribution < -0.4 is 0 Å². The van der Waals surface area contributed by atoms with Gasteiger partial charge in [0.15, 0.2) is 0 Å². The molecule has 0 saturated carbocycles. The van der Waals surface area contributed by atoms with E-state index in [0.29, 0.717) is 5.92 Å². The van der Waals surface area contributed by atoms with Gasteiger partial charge in [0, 0.05) is 0 Å². The fourth-order valence-electron chi connectivity index (χ4n) is 2.03. The highest BCUT2D eigenvalue weighted by molar-refractivity contribution is 5.13. The highest BCUT2D eigenvalue weighted by Gasteiger charge is 2.14. The number of rotatable bonds is 4. The van der Waals surface area contributed by atoms with E-state index in [1.165, 1.54) is 24.0 Å². The summed E-state index contributed by atoms with van der Waals surface area (Å²) in [6, 6.07) is 0. The zero-order valence-electron chi connectivity index (χ0n) is 10.4. The summed E-state index contributed by atoms with van der Waals surface area (Å²) < 4.78 is 0. The molecule has 0 fully saturated rings. The molecule has 0 radical (unpaired) electrons. The van der Waals surface area contributed by atoms with Crippen LogP contribution in [0, 0.1) is 11.8 Å². The third kappa shape index (κ3) is 4.51. The monoisotopic (exact) mass is 204 g/mol. The van der Waals surface area contributed by atoms with E-state index in [-0.39, 0.29) is 0 Å². The minimum absolute atomic E-state index is 0.645. The molecule has 0 nitrogen and oxygen atoms in total. The van der Waals surface area contributed by atoms with Crippen molar-refractivity contribution >= 4 is 0 Å². The van der Waals surface area contributed by atoms with Crippen molar-refractivity contribution in [3.63, 3.8) is 0 Å². The van der Waals surface area contributed by atoms with Crippen LogP contribution in [-0.2, 0) is 0 Å². The second-order valence-corrected chi connectivity index (χ2v) is 5.02. The highest BCUT2D eigenvalue weighted by Crippen LogP contribution is 2.28. The predicted octanol–water partition coefficient (Wildman–Crippen LogP) is 4.89. The smallest absolute Gasteiger partial charge is 0.00256 e. The van der Waals surface area contributed by atoms with Crippen molar-refractivity contribution in [1.82, 2.24) is 0 Å². The van der Waals surface area contributed by atoms with Gasteiger partial charge in [-0.15, -0.1) is 0 Å². The summed E-state index contributed by atoms with van der Waals surface area (Å²) in [5.41, 5.74) is 2.83. The van der Waals surface area contributed by atoms with E-state index in [1.54, 1.807) is 0 Å². The van der Waals surface area contributed by atoms with Gasteiger partial charge in [0.25, 0.3) is 0 Å². The van der Waals surface area contributed by atoms with Crippen molar-refractivity contribution in [3.05, 3.63) is 36.0 Å². The quantitative estimate of drug-likeness (QED) is 0.572. The van der Waals surface area contributed by atoms with Crippen LogP contribution in [0.15, 0.2) is 36.0 Å². The Morgan fingerprint density at radius 2 is 2.07 bits per heavy atom. The highest BCUT2D eigenvalue weighted by atomic mass is 14.2. The first-order valence-corrected chi connectivity index (χ1v) is 6.09. The van der Waals surface area contributed by atoms with Crippen LogP contribution in [0.5, 0.6) is 0 Å². The summed E-state index contributed by atoms with van der Waals surface area (Å²) >= 11 is 0. The lowest BCUT2D eigenvalue weighted by Gasteiger charge is -2.22. The minimum atomic E-state index is 0.645. The zero-order valence-corrected chi connectivity index (χ0v) is 10.4. The maximum atomic E-state index is 4.22. The number of hydrogen-bond acceptors (Lipinski definition) is 0. The van der Waals surface area contributed by atoms with Gasteiger partial charge >= 0.3 is 0 Å². The predicted molar refractivity (Wildman–Crippen MR) is 68.8 cm³/mol. The van der Waals surface area contributed by atoms with Gasteiger partial charge in [0.2, 0.25) is 0 Å². The molecule has 0 aromatic rings. The fraction of sp³-hybridized carbons (Fsp3) is 0.600. The fourth-order valence-corrected chi connectivity index (χ4v) is 2.03. The standard InChI is InChI=1S/C15H24/c1-12(2)6-5-7-14(4)15-10-8-13(3)9-11-15/h6,8,10,13,15H,4-5,7,9,11H2,1-3H3/t13-,15-/m1/s1. The van der Waals surface area contributed by atoms with Crippen LogP contribution in [0.3, 0.4) is 0 Å². The molecule has 0 saturated heterocycles. The molecule has 1 aliphatic carbocycles. The van der Waals surface area contributed by atoms with Crippen LogP contribution in [-0.4, -0.2) is 0 Å². The van der Waals surface area contributed by atoms with E-state index >= 15 is 0 Å². The van der Waals surface area contributed by atoms with Crippen molar-refractivity contribution in [1.29, 1.82) is 0 Å². The second-order valence-electron chi connectivity index (χ2n) is 5.02. The van der Waals surface area contributed by atoms with Crippen molar-refractivity contribution < 1.29 is 0 Å². The van der Waals surface area contributed by atoms with Gasteiger partial charge in [-0.3, -0.25) is 0 Å². The SMILES string of the molecule is C=C(CCC=C(C)C)[C@@H]1C=C[C@@H](C)CC1. The molecule has 0 bridgehead atoms. The topological polar surface area (TPSA) is 0 Å². The van der Waals surface area contributed by atoms with Crippen LogP contribution >= 0.6 is 0 Å². The van der Waals surface area contributed by atoms with Crippen molar-refractivity contribution in [3.8, 4) is 0 Å². The molecule has 0 spiro atoms. The number of allylic oxidation sites excluding steroid dienone is 5. The van der Waals surface area contributed by atoms with Crippen molar-refractivity contribution in [2.75, 3.05) is 0 Å². The van der Waals surface area contributed by atoms with Gasteiger partial charge in [-0.2, -0.15) is 0 Å². The lowest BCUT2D eigenvalue weighted by atomic mass is 9.84. The third-order valence-corrected chi connectivity index (χ3v) is 3.15. The van der Waals surface area contributed by atoms with Gasteiger partial charge < -0.3 is 0 Å². The van der Waals surface area contributed by atoms with Crippen molar-refractivity contribution in [2.45, 2.75) is 46.5 Å². The Morgan fingerprint density at radius 1 is 1.33 bits per heavy atom. The maximum Gasteiger partial charge on any atom is -0.00256 e. The maximum absolute atomic E-state index is 4.22. The molecule has 1 rings (SSSR count). The Morgan fingerprint density at radius 3 is 2.60 bits per heavy atom. The third-order valence-electron chi connectivity index (χ3n) is 3.15. The first-order chi connectivity index (χ1) is 7.09. The summed E-state index contributed by atoms with van der Waals surface area (Å²) in [5, 5.41) is 0. The average Bonchev–Trinajstić information content (AvgIpc) is 2.18. The van der Waals surface area contributed by atoms with E-state index < -0.39 is 0 Å². The molecule has 0 aromatic heterocycles. The lowest BCUT2D eigenvalue weighted by molar-refractivity contribution is 0.508. The Hall–Kier alpha value is -0.780. The molecule has 0 unspecified atom stereocenters. The first-order valence-electron chi connectivity index (χ1n) is 6.09. The first kappa shape index (κ1) is 12.3. The summed E-state index contributed by atoms with van der Waals surface area (Å²) in [6.45, 7) is 10.8. The van der Waals surface area contributed by atoms with Gasteiger partial charge in [0.1, 0.15) is 0 Å². The lowest BCUT2D eigenvalue weighted by Crippen LogP contribution is -2.08. The molecule has 0 aliphatic heterocycles.